The van der Waals surface area contributed by atoms with Gasteiger partial charge in [0.2, 0.25) is 0 Å². The average molecular weight is 268 g/mol. The second kappa shape index (κ2) is 5.29. The molecule has 0 aliphatic heterocycles. The lowest BCUT2D eigenvalue weighted by Gasteiger charge is -2.07. The first-order valence-electron chi connectivity index (χ1n) is 6.03. The molecule has 0 spiro atoms. The maximum Gasteiger partial charge on any atom is 0.0949 e. The maximum atomic E-state index is 6.22. The van der Waals surface area contributed by atoms with Crippen LogP contribution in [0.2, 0.25) is 5.02 Å². The van der Waals surface area contributed by atoms with E-state index in [0.29, 0.717) is 0 Å². The number of hydrogen-bond donors (Lipinski definition) is 0. The van der Waals surface area contributed by atoms with Gasteiger partial charge in [-0.2, -0.15) is 0 Å². The number of aromatic nitrogens is 2. The first kappa shape index (κ1) is 12.0. The first-order valence-corrected chi connectivity index (χ1v) is 6.41. The fraction of sp³-hybridized carbons (Fsp3) is 0.0625. The van der Waals surface area contributed by atoms with E-state index < -0.39 is 0 Å². The Hall–Kier alpha value is -2.06. The monoisotopic (exact) mass is 267 g/mol. The highest BCUT2D eigenvalue weighted by atomic mass is 35.5. The van der Waals surface area contributed by atoms with Crippen molar-refractivity contribution in [2.75, 3.05) is 0 Å². The molecule has 0 unspecified atom stereocenters. The number of rotatable bonds is 3. The van der Waals surface area contributed by atoms with Crippen molar-refractivity contribution in [1.82, 2.24) is 9.55 Å². The van der Waals surface area contributed by atoms with Crippen molar-refractivity contribution in [3.05, 3.63) is 77.8 Å². The highest BCUT2D eigenvalue weighted by Crippen LogP contribution is 2.27. The van der Waals surface area contributed by atoms with E-state index in [4.69, 9.17) is 11.6 Å². The molecule has 0 aliphatic carbocycles. The van der Waals surface area contributed by atoms with Gasteiger partial charge in [-0.15, -0.1) is 0 Å². The van der Waals surface area contributed by atoms with Crippen LogP contribution in [-0.2, 0) is 6.54 Å². The second-order valence-electron chi connectivity index (χ2n) is 4.34. The van der Waals surface area contributed by atoms with Gasteiger partial charge in [0.05, 0.1) is 6.33 Å². The summed E-state index contributed by atoms with van der Waals surface area (Å²) in [5.41, 5.74) is 3.30. The number of halogens is 1. The summed E-state index contributed by atoms with van der Waals surface area (Å²) >= 11 is 6.22. The van der Waals surface area contributed by atoms with Gasteiger partial charge in [0.15, 0.2) is 0 Å². The summed E-state index contributed by atoms with van der Waals surface area (Å²) in [5.74, 6) is 0. The molecule has 0 bridgehead atoms. The van der Waals surface area contributed by atoms with Crippen LogP contribution in [0.5, 0.6) is 0 Å². The fourth-order valence-corrected chi connectivity index (χ4v) is 2.30. The van der Waals surface area contributed by atoms with Crippen LogP contribution in [0.15, 0.2) is 61.2 Å². The first-order chi connectivity index (χ1) is 9.33. The maximum absolute atomic E-state index is 6.22. The molecule has 1 heterocycles. The normalized spacial score (nSPS) is 10.6. The van der Waals surface area contributed by atoms with Crippen molar-refractivity contribution >= 4 is 11.6 Å². The minimum atomic E-state index is 0.760. The topological polar surface area (TPSA) is 17.8 Å². The van der Waals surface area contributed by atoms with Gasteiger partial charge in [-0.25, -0.2) is 4.98 Å². The van der Waals surface area contributed by atoms with Crippen molar-refractivity contribution in [3.63, 3.8) is 0 Å². The van der Waals surface area contributed by atoms with Crippen molar-refractivity contribution in [3.8, 4) is 11.1 Å². The van der Waals surface area contributed by atoms with Gasteiger partial charge in [-0.3, -0.25) is 0 Å². The largest absolute Gasteiger partial charge is 0.333 e. The van der Waals surface area contributed by atoms with Crippen LogP contribution in [-0.4, -0.2) is 9.55 Å². The molecule has 0 saturated heterocycles. The van der Waals surface area contributed by atoms with Crippen LogP contribution in [0.1, 0.15) is 5.56 Å². The molecule has 0 aliphatic rings. The summed E-state index contributed by atoms with van der Waals surface area (Å²) < 4.78 is 2.03. The number of nitrogens with zero attached hydrogens (tertiary/aromatic N) is 2. The molecule has 0 fully saturated rings. The summed E-state index contributed by atoms with van der Waals surface area (Å²) in [4.78, 5) is 4.04. The number of hydrogen-bond acceptors (Lipinski definition) is 1. The standard InChI is InChI=1S/C16H12ClN2/c17-16-7-2-1-6-15(16)14-5-3-4-13(10-14)11-19-9-8-18-12-19/h1-2,4-10,12H,11H2. The molecule has 0 saturated carbocycles. The van der Waals surface area contributed by atoms with Crippen LogP contribution in [0, 0.1) is 6.07 Å². The van der Waals surface area contributed by atoms with Crippen LogP contribution in [0.25, 0.3) is 11.1 Å². The van der Waals surface area contributed by atoms with E-state index in [1.54, 1.807) is 6.20 Å². The van der Waals surface area contributed by atoms with E-state index in [9.17, 15) is 0 Å². The molecule has 2 nitrogen and oxygen atoms in total. The molecule has 1 radical (unpaired) electrons. The Bertz CT molecular complexity index is 675. The zero-order valence-electron chi connectivity index (χ0n) is 10.3. The van der Waals surface area contributed by atoms with Gasteiger partial charge in [0, 0.05) is 29.5 Å². The molecule has 2 aromatic carbocycles. The molecule has 19 heavy (non-hydrogen) atoms. The SMILES string of the molecule is Clc1ccccc1-c1c[c]cc(Cn2ccnc2)c1. The van der Waals surface area contributed by atoms with Crippen LogP contribution in [0.4, 0.5) is 0 Å². The Morgan fingerprint density at radius 2 is 2.11 bits per heavy atom. The average Bonchev–Trinajstić information content (AvgIpc) is 2.92. The third kappa shape index (κ3) is 2.69. The highest BCUT2D eigenvalue weighted by molar-refractivity contribution is 6.33. The summed E-state index contributed by atoms with van der Waals surface area (Å²) in [6, 6.07) is 17.1. The summed E-state index contributed by atoms with van der Waals surface area (Å²) in [6.07, 6.45) is 5.53. The fourth-order valence-electron chi connectivity index (χ4n) is 2.05. The van der Waals surface area contributed by atoms with Crippen molar-refractivity contribution < 1.29 is 0 Å². The summed E-state index contributed by atoms with van der Waals surface area (Å²) in [5, 5.41) is 0.760. The second-order valence-corrected chi connectivity index (χ2v) is 4.75. The molecule has 93 valence electrons. The Morgan fingerprint density at radius 3 is 2.89 bits per heavy atom. The Kier molecular flexibility index (Phi) is 3.34. The molecule has 3 rings (SSSR count). The van der Waals surface area contributed by atoms with Gasteiger partial charge >= 0.3 is 0 Å². The van der Waals surface area contributed by atoms with Gasteiger partial charge in [0.1, 0.15) is 0 Å². The van der Waals surface area contributed by atoms with Gasteiger partial charge in [0.25, 0.3) is 0 Å². The Labute approximate surface area is 117 Å². The number of benzene rings is 2. The predicted octanol–water partition coefficient (Wildman–Crippen LogP) is 4.05. The van der Waals surface area contributed by atoms with Crippen LogP contribution < -0.4 is 0 Å². The van der Waals surface area contributed by atoms with Gasteiger partial charge in [-0.1, -0.05) is 29.8 Å². The van der Waals surface area contributed by atoms with Crippen LogP contribution in [0.3, 0.4) is 0 Å². The zero-order chi connectivity index (χ0) is 13.1. The van der Waals surface area contributed by atoms with Crippen molar-refractivity contribution in [2.45, 2.75) is 6.54 Å². The lowest BCUT2D eigenvalue weighted by Crippen LogP contribution is -1.96. The third-order valence-corrected chi connectivity index (χ3v) is 3.29. The lowest BCUT2D eigenvalue weighted by molar-refractivity contribution is 0.797. The van der Waals surface area contributed by atoms with Gasteiger partial charge < -0.3 is 4.57 Å². The quantitative estimate of drug-likeness (QED) is 0.700. The molecule has 3 heteroatoms. The molecule has 0 N–H and O–H groups in total. The van der Waals surface area contributed by atoms with E-state index in [1.165, 1.54) is 5.56 Å². The minimum absolute atomic E-state index is 0.760. The minimum Gasteiger partial charge on any atom is -0.333 e. The van der Waals surface area contributed by atoms with E-state index in [1.807, 2.05) is 53.5 Å². The van der Waals surface area contributed by atoms with Crippen molar-refractivity contribution in [2.24, 2.45) is 0 Å². The molecule has 0 amide bonds. The van der Waals surface area contributed by atoms with E-state index >= 15 is 0 Å². The molecule has 1 aromatic heterocycles. The van der Waals surface area contributed by atoms with E-state index in [0.717, 1.165) is 22.7 Å². The summed E-state index contributed by atoms with van der Waals surface area (Å²) in [6.45, 7) is 0.787. The third-order valence-electron chi connectivity index (χ3n) is 2.96. The lowest BCUT2D eigenvalue weighted by atomic mass is 10.0. The molecular formula is C16H12ClN2. The predicted molar refractivity (Wildman–Crippen MR) is 77.1 cm³/mol. The Balaban J connectivity index is 1.94. The molecule has 3 aromatic rings. The molecule has 0 atom stereocenters. The Morgan fingerprint density at radius 1 is 1.21 bits per heavy atom. The summed E-state index contributed by atoms with van der Waals surface area (Å²) in [7, 11) is 0. The van der Waals surface area contributed by atoms with E-state index in [-0.39, 0.29) is 0 Å². The van der Waals surface area contributed by atoms with Crippen molar-refractivity contribution in [1.29, 1.82) is 0 Å². The van der Waals surface area contributed by atoms with Crippen LogP contribution >= 0.6 is 11.6 Å². The zero-order valence-corrected chi connectivity index (χ0v) is 11.0. The highest BCUT2D eigenvalue weighted by Gasteiger charge is 2.03. The smallest absolute Gasteiger partial charge is 0.0949 e. The molecular weight excluding hydrogens is 256 g/mol. The van der Waals surface area contributed by atoms with E-state index in [2.05, 4.69) is 17.1 Å². The number of imidazole rings is 1. The van der Waals surface area contributed by atoms with Gasteiger partial charge in [-0.05, 0) is 41.5 Å².